The van der Waals surface area contributed by atoms with Crippen LogP contribution in [0.2, 0.25) is 0 Å². The number of carbonyl (C=O) groups is 1. The van der Waals surface area contributed by atoms with E-state index in [1.807, 2.05) is 0 Å². The monoisotopic (exact) mass is 282 g/mol. The first-order valence-corrected chi connectivity index (χ1v) is 6.62. The third kappa shape index (κ3) is 3.48. The Morgan fingerprint density at radius 3 is 2.40 bits per heavy atom. The van der Waals surface area contributed by atoms with Crippen LogP contribution >= 0.6 is 0 Å². The van der Waals surface area contributed by atoms with Crippen LogP contribution in [-0.2, 0) is 4.79 Å². The van der Waals surface area contributed by atoms with E-state index in [1.54, 1.807) is 40.7 Å². The zero-order valence-corrected chi connectivity index (χ0v) is 12.7. The summed E-state index contributed by atoms with van der Waals surface area (Å²) in [5, 5.41) is 2.68. The number of nitrogens with two attached hydrogens (primary N) is 1. The molecule has 20 heavy (non-hydrogen) atoms. The molecule has 3 N–H and O–H groups in total. The average molecular weight is 282 g/mol. The van der Waals surface area contributed by atoms with Crippen LogP contribution in [0.15, 0.2) is 18.2 Å². The van der Waals surface area contributed by atoms with Crippen molar-refractivity contribution in [3.8, 4) is 5.75 Å². The van der Waals surface area contributed by atoms with E-state index < -0.39 is 16.8 Å². The predicted molar refractivity (Wildman–Crippen MR) is 78.2 cm³/mol. The van der Waals surface area contributed by atoms with E-state index in [1.165, 1.54) is 12.1 Å². The fraction of sp³-hybridized carbons (Fsp3) is 0.533. The number of ether oxygens (including phenoxy) is 1. The molecular formula is C15H23FN2O2. The van der Waals surface area contributed by atoms with Crippen molar-refractivity contribution in [3.63, 3.8) is 0 Å². The number of carbonyl (C=O) groups excluding carboxylic acids is 1. The van der Waals surface area contributed by atoms with Gasteiger partial charge in [0.25, 0.3) is 0 Å². The highest BCUT2D eigenvalue weighted by molar-refractivity contribution is 5.95. The molecule has 4 nitrogen and oxygen atoms in total. The maximum Gasteiger partial charge on any atom is 0.231 e. The van der Waals surface area contributed by atoms with Crippen LogP contribution in [0.25, 0.3) is 0 Å². The molecule has 0 aliphatic rings. The lowest BCUT2D eigenvalue weighted by molar-refractivity contribution is -0.126. The third-order valence-corrected chi connectivity index (χ3v) is 3.67. The molecule has 0 heterocycles. The van der Waals surface area contributed by atoms with E-state index >= 15 is 0 Å². The molecule has 5 heteroatoms. The highest BCUT2D eigenvalue weighted by Crippen LogP contribution is 2.30. The largest absolute Gasteiger partial charge is 0.491 e. The maximum absolute atomic E-state index is 13.7. The number of benzene rings is 1. The second-order valence-corrected chi connectivity index (χ2v) is 5.88. The van der Waals surface area contributed by atoms with Gasteiger partial charge in [-0.05, 0) is 46.8 Å². The van der Waals surface area contributed by atoms with Gasteiger partial charge in [0.2, 0.25) is 5.91 Å². The smallest absolute Gasteiger partial charge is 0.231 e. The number of rotatable bonds is 5. The van der Waals surface area contributed by atoms with Gasteiger partial charge in [0.15, 0.2) is 11.6 Å². The zero-order valence-electron chi connectivity index (χ0n) is 12.7. The SMILES string of the molecule is CCOc1ccc(NC(=O)C(C)(C)C(C)(C)N)cc1F. The summed E-state index contributed by atoms with van der Waals surface area (Å²) >= 11 is 0. The van der Waals surface area contributed by atoms with Crippen LogP contribution in [0.5, 0.6) is 5.75 Å². The Kier molecular flexibility index (Phi) is 4.76. The van der Waals surface area contributed by atoms with Crippen LogP contribution in [0.4, 0.5) is 10.1 Å². The standard InChI is InChI=1S/C15H23FN2O2/c1-6-20-12-8-7-10(9-11(12)16)18-13(19)14(2,3)15(4,5)17/h7-9H,6,17H2,1-5H3,(H,18,19). The van der Waals surface area contributed by atoms with Crippen molar-refractivity contribution < 1.29 is 13.9 Å². The molecule has 1 aromatic carbocycles. The van der Waals surface area contributed by atoms with Gasteiger partial charge in [-0.25, -0.2) is 4.39 Å². The number of anilines is 1. The minimum absolute atomic E-state index is 0.170. The molecule has 0 fully saturated rings. The normalized spacial score (nSPS) is 12.2. The summed E-state index contributed by atoms with van der Waals surface area (Å²) in [6, 6.07) is 4.34. The van der Waals surface area contributed by atoms with E-state index in [0.29, 0.717) is 12.3 Å². The fourth-order valence-electron chi connectivity index (χ4n) is 1.43. The summed E-state index contributed by atoms with van der Waals surface area (Å²) in [4.78, 5) is 12.3. The van der Waals surface area contributed by atoms with Crippen LogP contribution in [-0.4, -0.2) is 18.1 Å². The van der Waals surface area contributed by atoms with Gasteiger partial charge in [-0.1, -0.05) is 0 Å². The molecule has 1 amide bonds. The Morgan fingerprint density at radius 2 is 1.95 bits per heavy atom. The van der Waals surface area contributed by atoms with Crippen LogP contribution in [0.1, 0.15) is 34.6 Å². The van der Waals surface area contributed by atoms with Crippen LogP contribution in [0, 0.1) is 11.2 Å². The topological polar surface area (TPSA) is 64.3 Å². The molecule has 0 aromatic heterocycles. The van der Waals surface area contributed by atoms with Crippen molar-refractivity contribution >= 4 is 11.6 Å². The number of hydrogen-bond donors (Lipinski definition) is 2. The molecule has 0 atom stereocenters. The number of hydrogen-bond acceptors (Lipinski definition) is 3. The second kappa shape index (κ2) is 5.79. The molecule has 0 aliphatic carbocycles. The van der Waals surface area contributed by atoms with Crippen LogP contribution in [0.3, 0.4) is 0 Å². The quantitative estimate of drug-likeness (QED) is 0.872. The Hall–Kier alpha value is -1.62. The molecular weight excluding hydrogens is 259 g/mol. The summed E-state index contributed by atoms with van der Waals surface area (Å²) in [6.45, 7) is 9.25. The summed E-state index contributed by atoms with van der Waals surface area (Å²) in [5.74, 6) is -0.591. The van der Waals surface area contributed by atoms with Gasteiger partial charge in [-0.15, -0.1) is 0 Å². The Morgan fingerprint density at radius 1 is 1.35 bits per heavy atom. The fourth-order valence-corrected chi connectivity index (χ4v) is 1.43. The average Bonchev–Trinajstić information content (AvgIpc) is 2.31. The molecule has 0 radical (unpaired) electrons. The van der Waals surface area contributed by atoms with Gasteiger partial charge in [0.1, 0.15) is 0 Å². The first kappa shape index (κ1) is 16.4. The number of amides is 1. The summed E-state index contributed by atoms with van der Waals surface area (Å²) in [6.07, 6.45) is 0. The van der Waals surface area contributed by atoms with E-state index in [9.17, 15) is 9.18 Å². The van der Waals surface area contributed by atoms with E-state index in [2.05, 4.69) is 5.32 Å². The van der Waals surface area contributed by atoms with E-state index in [4.69, 9.17) is 10.5 Å². The second-order valence-electron chi connectivity index (χ2n) is 5.88. The molecule has 0 saturated heterocycles. The Balaban J connectivity index is 2.89. The molecule has 0 saturated carbocycles. The lowest BCUT2D eigenvalue weighted by Gasteiger charge is -2.36. The lowest BCUT2D eigenvalue weighted by atomic mass is 9.74. The molecule has 0 unspecified atom stereocenters. The van der Waals surface area contributed by atoms with Crippen molar-refractivity contribution in [2.75, 3.05) is 11.9 Å². The van der Waals surface area contributed by atoms with Crippen molar-refractivity contribution in [1.82, 2.24) is 0 Å². The minimum Gasteiger partial charge on any atom is -0.491 e. The molecule has 0 bridgehead atoms. The highest BCUT2D eigenvalue weighted by atomic mass is 19.1. The van der Waals surface area contributed by atoms with Gasteiger partial charge >= 0.3 is 0 Å². The molecule has 1 rings (SSSR count). The minimum atomic E-state index is -0.790. The first-order chi connectivity index (χ1) is 9.09. The predicted octanol–water partition coefficient (Wildman–Crippen LogP) is 2.93. The third-order valence-electron chi connectivity index (χ3n) is 3.67. The Labute approximate surface area is 119 Å². The van der Waals surface area contributed by atoms with Gasteiger partial charge < -0.3 is 15.8 Å². The summed E-state index contributed by atoms with van der Waals surface area (Å²) in [7, 11) is 0. The first-order valence-electron chi connectivity index (χ1n) is 6.62. The van der Waals surface area contributed by atoms with Gasteiger partial charge in [-0.2, -0.15) is 0 Å². The maximum atomic E-state index is 13.7. The molecule has 112 valence electrons. The Bertz CT molecular complexity index is 493. The molecule has 1 aromatic rings. The number of nitrogens with one attached hydrogen (secondary N) is 1. The summed E-state index contributed by atoms with van der Waals surface area (Å²) in [5.41, 5.74) is 4.91. The van der Waals surface area contributed by atoms with Crippen molar-refractivity contribution in [1.29, 1.82) is 0 Å². The van der Waals surface area contributed by atoms with E-state index in [0.717, 1.165) is 0 Å². The summed E-state index contributed by atoms with van der Waals surface area (Å²) < 4.78 is 18.8. The number of halogens is 1. The van der Waals surface area contributed by atoms with Gasteiger partial charge in [0.05, 0.1) is 12.0 Å². The van der Waals surface area contributed by atoms with Crippen molar-refractivity contribution in [2.45, 2.75) is 40.2 Å². The molecule has 0 spiro atoms. The van der Waals surface area contributed by atoms with E-state index in [-0.39, 0.29) is 11.7 Å². The van der Waals surface area contributed by atoms with Gasteiger partial charge in [0, 0.05) is 17.3 Å². The van der Waals surface area contributed by atoms with Crippen LogP contribution < -0.4 is 15.8 Å². The van der Waals surface area contributed by atoms with Crippen molar-refractivity contribution in [2.24, 2.45) is 11.1 Å². The molecule has 0 aliphatic heterocycles. The van der Waals surface area contributed by atoms with Gasteiger partial charge in [-0.3, -0.25) is 4.79 Å². The zero-order chi connectivity index (χ0) is 15.6. The van der Waals surface area contributed by atoms with Crippen molar-refractivity contribution in [3.05, 3.63) is 24.0 Å². The lowest BCUT2D eigenvalue weighted by Crippen LogP contribution is -2.53. The highest BCUT2D eigenvalue weighted by Gasteiger charge is 2.40.